The van der Waals surface area contributed by atoms with Gasteiger partial charge in [0.1, 0.15) is 19.0 Å². The van der Waals surface area contributed by atoms with Crippen molar-refractivity contribution in [1.82, 2.24) is 4.98 Å². The van der Waals surface area contributed by atoms with Crippen LogP contribution in [-0.2, 0) is 16.7 Å². The van der Waals surface area contributed by atoms with E-state index >= 15 is 0 Å². The monoisotopic (exact) mass is 405 g/mol. The number of ether oxygens (including phenoxy) is 1. The van der Waals surface area contributed by atoms with Crippen molar-refractivity contribution in [3.05, 3.63) is 59.6 Å². The van der Waals surface area contributed by atoms with Gasteiger partial charge in [-0.1, -0.05) is 12.1 Å². The van der Waals surface area contributed by atoms with Crippen LogP contribution in [0.3, 0.4) is 0 Å². The van der Waals surface area contributed by atoms with Crippen LogP contribution >= 0.6 is 11.3 Å². The number of sulfonamides is 1. The van der Waals surface area contributed by atoms with E-state index in [9.17, 15) is 12.8 Å². The molecule has 1 aliphatic rings. The zero-order valence-corrected chi connectivity index (χ0v) is 15.8. The normalized spacial score (nSPS) is 13.7. The van der Waals surface area contributed by atoms with E-state index in [1.807, 2.05) is 11.0 Å². The van der Waals surface area contributed by atoms with Crippen LogP contribution in [0.15, 0.2) is 58.9 Å². The third-order valence-corrected chi connectivity index (χ3v) is 6.29. The molecule has 0 saturated carbocycles. The van der Waals surface area contributed by atoms with Crippen molar-refractivity contribution in [2.75, 3.05) is 22.8 Å². The standard InChI is InChI=1S/C18H16FN3O3S2/c19-12-13-2-1-3-14(10-13)22-7-8-25-17-11-15(4-5-16(17)22)27(23,24)21-18-20-6-9-26-18/h1-6,9-11H,7-8,12H2,(H,20,21). The molecule has 0 aliphatic carbocycles. The molecular formula is C18H16FN3O3S2. The van der Waals surface area contributed by atoms with Crippen LogP contribution in [0.5, 0.6) is 5.75 Å². The molecule has 27 heavy (non-hydrogen) atoms. The fourth-order valence-corrected chi connectivity index (χ4v) is 4.69. The highest BCUT2D eigenvalue weighted by atomic mass is 32.2. The Labute approximate surface area is 160 Å². The van der Waals surface area contributed by atoms with Crippen LogP contribution in [0.2, 0.25) is 0 Å². The third-order valence-electron chi connectivity index (χ3n) is 4.14. The molecule has 4 rings (SSSR count). The molecule has 0 fully saturated rings. The maximum atomic E-state index is 13.0. The number of halogens is 1. The molecule has 9 heteroatoms. The van der Waals surface area contributed by atoms with E-state index in [1.165, 1.54) is 29.7 Å². The maximum Gasteiger partial charge on any atom is 0.263 e. The van der Waals surface area contributed by atoms with Gasteiger partial charge in [-0.05, 0) is 29.8 Å². The number of anilines is 3. The summed E-state index contributed by atoms with van der Waals surface area (Å²) in [5.41, 5.74) is 2.17. The molecular weight excluding hydrogens is 389 g/mol. The Hall–Kier alpha value is -2.65. The van der Waals surface area contributed by atoms with Crippen molar-refractivity contribution >= 4 is 37.9 Å². The van der Waals surface area contributed by atoms with Crippen LogP contribution in [0.1, 0.15) is 5.56 Å². The summed E-state index contributed by atoms with van der Waals surface area (Å²) in [7, 11) is -3.76. The van der Waals surface area contributed by atoms with Gasteiger partial charge in [-0.25, -0.2) is 17.8 Å². The Morgan fingerprint density at radius 3 is 2.93 bits per heavy atom. The minimum atomic E-state index is -3.76. The number of nitrogens with zero attached hydrogens (tertiary/aromatic N) is 2. The number of hydrogen-bond donors (Lipinski definition) is 1. The van der Waals surface area contributed by atoms with Crippen LogP contribution in [0.25, 0.3) is 0 Å². The highest BCUT2D eigenvalue weighted by Gasteiger charge is 2.24. The van der Waals surface area contributed by atoms with Gasteiger partial charge in [-0.3, -0.25) is 4.72 Å². The van der Waals surface area contributed by atoms with Gasteiger partial charge in [0.2, 0.25) is 0 Å². The number of aromatic nitrogens is 1. The number of nitrogens with one attached hydrogen (secondary N) is 1. The second-order valence-electron chi connectivity index (χ2n) is 5.88. The first-order valence-corrected chi connectivity index (χ1v) is 10.5. The number of hydrogen-bond acceptors (Lipinski definition) is 6. The molecule has 6 nitrogen and oxygen atoms in total. The average molecular weight is 405 g/mol. The number of benzene rings is 2. The van der Waals surface area contributed by atoms with Crippen molar-refractivity contribution in [2.24, 2.45) is 0 Å². The number of thiazole rings is 1. The molecule has 0 unspecified atom stereocenters. The zero-order chi connectivity index (χ0) is 18.9. The number of rotatable bonds is 5. The van der Waals surface area contributed by atoms with Crippen molar-refractivity contribution in [1.29, 1.82) is 0 Å². The zero-order valence-electron chi connectivity index (χ0n) is 14.1. The molecule has 0 atom stereocenters. The van der Waals surface area contributed by atoms with E-state index in [0.717, 1.165) is 11.4 Å². The van der Waals surface area contributed by atoms with Gasteiger partial charge >= 0.3 is 0 Å². The minimum Gasteiger partial charge on any atom is -0.489 e. The Balaban J connectivity index is 1.67. The molecule has 1 N–H and O–H groups in total. The first kappa shape index (κ1) is 17.7. The second kappa shape index (κ2) is 7.16. The first-order valence-electron chi connectivity index (χ1n) is 8.18. The van der Waals surface area contributed by atoms with Gasteiger partial charge < -0.3 is 9.64 Å². The predicted molar refractivity (Wildman–Crippen MR) is 103 cm³/mol. The van der Waals surface area contributed by atoms with E-state index in [0.29, 0.717) is 29.6 Å². The highest BCUT2D eigenvalue weighted by molar-refractivity contribution is 7.93. The largest absolute Gasteiger partial charge is 0.489 e. The molecule has 0 radical (unpaired) electrons. The summed E-state index contributed by atoms with van der Waals surface area (Å²) in [6, 6.07) is 11.9. The topological polar surface area (TPSA) is 71.5 Å². The Morgan fingerprint density at radius 1 is 1.26 bits per heavy atom. The predicted octanol–water partition coefficient (Wildman–Crippen LogP) is 3.94. The molecule has 140 valence electrons. The fraction of sp³-hybridized carbons (Fsp3) is 0.167. The highest BCUT2D eigenvalue weighted by Crippen LogP contribution is 2.38. The van der Waals surface area contributed by atoms with Crippen LogP contribution < -0.4 is 14.4 Å². The summed E-state index contributed by atoms with van der Waals surface area (Å²) in [5.74, 6) is 0.467. The van der Waals surface area contributed by atoms with Gasteiger partial charge in [-0.15, -0.1) is 11.3 Å². The van der Waals surface area contributed by atoms with Gasteiger partial charge in [-0.2, -0.15) is 0 Å². The maximum absolute atomic E-state index is 13.0. The summed E-state index contributed by atoms with van der Waals surface area (Å²) in [4.78, 5) is 6.02. The molecule has 0 saturated heterocycles. The lowest BCUT2D eigenvalue weighted by atomic mass is 10.1. The summed E-state index contributed by atoms with van der Waals surface area (Å²) >= 11 is 1.20. The van der Waals surface area contributed by atoms with Gasteiger partial charge in [0.05, 0.1) is 17.1 Å². The number of alkyl halides is 1. The average Bonchev–Trinajstić information content (AvgIpc) is 3.19. The van der Waals surface area contributed by atoms with Gasteiger partial charge in [0.25, 0.3) is 10.0 Å². The molecule has 1 aliphatic heterocycles. The molecule has 0 bridgehead atoms. The Kier molecular flexibility index (Phi) is 4.71. The van der Waals surface area contributed by atoms with Crippen molar-refractivity contribution in [3.8, 4) is 5.75 Å². The van der Waals surface area contributed by atoms with E-state index in [1.54, 1.807) is 29.6 Å². The summed E-state index contributed by atoms with van der Waals surface area (Å²) in [6.07, 6.45) is 1.53. The van der Waals surface area contributed by atoms with E-state index in [-0.39, 0.29) is 4.90 Å². The van der Waals surface area contributed by atoms with Crippen LogP contribution in [0, 0.1) is 0 Å². The third kappa shape index (κ3) is 3.60. The molecule has 2 aromatic carbocycles. The van der Waals surface area contributed by atoms with E-state index < -0.39 is 16.7 Å². The SMILES string of the molecule is O=S(=O)(Nc1nccs1)c1ccc2c(c1)OCCN2c1cccc(CF)c1. The first-order chi connectivity index (χ1) is 13.1. The van der Waals surface area contributed by atoms with Gasteiger partial charge in [0.15, 0.2) is 5.13 Å². The quantitative estimate of drug-likeness (QED) is 0.696. The smallest absolute Gasteiger partial charge is 0.263 e. The van der Waals surface area contributed by atoms with Crippen molar-refractivity contribution < 1.29 is 17.5 Å². The van der Waals surface area contributed by atoms with Crippen LogP contribution in [-0.4, -0.2) is 26.6 Å². The van der Waals surface area contributed by atoms with Crippen LogP contribution in [0.4, 0.5) is 20.9 Å². The molecule has 1 aromatic heterocycles. The second-order valence-corrected chi connectivity index (χ2v) is 8.45. The molecule has 0 spiro atoms. The minimum absolute atomic E-state index is 0.0933. The molecule has 3 aromatic rings. The van der Waals surface area contributed by atoms with E-state index in [4.69, 9.17) is 4.74 Å². The lowest BCUT2D eigenvalue weighted by molar-refractivity contribution is 0.313. The van der Waals surface area contributed by atoms with Crippen molar-refractivity contribution in [2.45, 2.75) is 11.6 Å². The van der Waals surface area contributed by atoms with Gasteiger partial charge in [0, 0.05) is 23.3 Å². The molecule has 0 amide bonds. The lowest BCUT2D eigenvalue weighted by Gasteiger charge is -2.31. The fourth-order valence-electron chi connectivity index (χ4n) is 2.89. The molecule has 2 heterocycles. The number of fused-ring (bicyclic) bond motifs is 1. The summed E-state index contributed by atoms with van der Waals surface area (Å²) < 4.78 is 46.2. The van der Waals surface area contributed by atoms with Crippen molar-refractivity contribution in [3.63, 3.8) is 0 Å². The Bertz CT molecular complexity index is 1060. The summed E-state index contributed by atoms with van der Waals surface area (Å²) in [6.45, 7) is 0.451. The lowest BCUT2D eigenvalue weighted by Crippen LogP contribution is -2.28. The Morgan fingerprint density at radius 2 is 2.15 bits per heavy atom. The van der Waals surface area contributed by atoms with E-state index in [2.05, 4.69) is 9.71 Å². The summed E-state index contributed by atoms with van der Waals surface area (Å²) in [5, 5.41) is 2.00.